The smallest absolute Gasteiger partial charge is 0.244 e. The number of piperidine rings is 1. The summed E-state index contributed by atoms with van der Waals surface area (Å²) in [7, 11) is -3.62. The molecular weight excluding hydrogens is 319 g/mol. The number of nitrogens with zero attached hydrogens (tertiary/aromatic N) is 1. The molecule has 1 saturated heterocycles. The molecule has 1 aliphatic rings. The van der Waals surface area contributed by atoms with Gasteiger partial charge in [0.2, 0.25) is 10.0 Å². The molecule has 4 nitrogen and oxygen atoms in total. The number of nitrogens with two attached hydrogens (primary N) is 1. The topological polar surface area (TPSA) is 63.4 Å². The third kappa shape index (κ3) is 3.12. The third-order valence-corrected chi connectivity index (χ3v) is 6.54. The second-order valence-electron chi connectivity index (χ2n) is 5.18. The summed E-state index contributed by atoms with van der Waals surface area (Å²) >= 11 is 11.9. The van der Waals surface area contributed by atoms with Crippen molar-refractivity contribution in [3.8, 4) is 0 Å². The summed E-state index contributed by atoms with van der Waals surface area (Å²) in [5, 5.41) is 0.325. The summed E-state index contributed by atoms with van der Waals surface area (Å²) in [5.74, 6) is 0.177. The Morgan fingerprint density at radius 3 is 2.75 bits per heavy atom. The highest BCUT2D eigenvalue weighted by Gasteiger charge is 2.33. The summed E-state index contributed by atoms with van der Waals surface area (Å²) in [6.07, 6.45) is 1.76. The molecule has 0 aromatic heterocycles. The van der Waals surface area contributed by atoms with Gasteiger partial charge in [0.15, 0.2) is 0 Å². The number of sulfonamides is 1. The molecule has 2 atom stereocenters. The number of rotatable bonds is 3. The molecule has 0 spiro atoms. The van der Waals surface area contributed by atoms with Crippen LogP contribution in [0.25, 0.3) is 0 Å². The summed E-state index contributed by atoms with van der Waals surface area (Å²) < 4.78 is 26.8. The molecule has 2 unspecified atom stereocenters. The van der Waals surface area contributed by atoms with Gasteiger partial charge >= 0.3 is 0 Å². The van der Waals surface area contributed by atoms with E-state index < -0.39 is 10.0 Å². The Bertz CT molecular complexity index is 590. The summed E-state index contributed by atoms with van der Waals surface area (Å²) in [6.45, 7) is 2.84. The fourth-order valence-corrected chi connectivity index (χ4v) is 4.72. The van der Waals surface area contributed by atoms with Crippen LogP contribution in [0.5, 0.6) is 0 Å². The van der Waals surface area contributed by atoms with Gasteiger partial charge in [0.05, 0.1) is 10.0 Å². The fraction of sp³-hybridized carbons (Fsp3) is 0.538. The van der Waals surface area contributed by atoms with Crippen molar-refractivity contribution in [1.29, 1.82) is 0 Å². The molecule has 1 heterocycles. The van der Waals surface area contributed by atoms with E-state index in [1.165, 1.54) is 10.4 Å². The van der Waals surface area contributed by atoms with E-state index in [2.05, 4.69) is 0 Å². The number of hydrogen-bond donors (Lipinski definition) is 1. The van der Waals surface area contributed by atoms with E-state index in [0.717, 1.165) is 12.8 Å². The second kappa shape index (κ2) is 6.20. The number of benzene rings is 1. The first kappa shape index (κ1) is 16.0. The van der Waals surface area contributed by atoms with E-state index in [9.17, 15) is 8.42 Å². The van der Waals surface area contributed by atoms with Crippen molar-refractivity contribution in [3.63, 3.8) is 0 Å². The Hall–Kier alpha value is -0.330. The summed E-state index contributed by atoms with van der Waals surface area (Å²) in [5.41, 5.74) is 5.90. The predicted molar refractivity (Wildman–Crippen MR) is 81.6 cm³/mol. The number of hydrogen-bond acceptors (Lipinski definition) is 3. The molecule has 2 N–H and O–H groups in total. The van der Waals surface area contributed by atoms with Crippen LogP contribution >= 0.6 is 23.2 Å². The van der Waals surface area contributed by atoms with E-state index in [1.54, 1.807) is 12.1 Å². The summed E-state index contributed by atoms with van der Waals surface area (Å²) in [6, 6.07) is 4.62. The van der Waals surface area contributed by atoms with Crippen LogP contribution in [0.1, 0.15) is 19.8 Å². The first-order chi connectivity index (χ1) is 9.34. The van der Waals surface area contributed by atoms with Crippen LogP contribution in [-0.4, -0.2) is 31.9 Å². The quantitative estimate of drug-likeness (QED) is 0.922. The van der Waals surface area contributed by atoms with E-state index in [0.29, 0.717) is 13.1 Å². The lowest BCUT2D eigenvalue weighted by atomic mass is 9.93. The van der Waals surface area contributed by atoms with Crippen molar-refractivity contribution in [1.82, 2.24) is 4.31 Å². The van der Waals surface area contributed by atoms with Gasteiger partial charge in [0.1, 0.15) is 4.90 Å². The minimum Gasteiger partial charge on any atom is -0.328 e. The highest BCUT2D eigenvalue weighted by Crippen LogP contribution is 2.32. The van der Waals surface area contributed by atoms with Gasteiger partial charge in [0, 0.05) is 19.1 Å². The zero-order chi connectivity index (χ0) is 14.9. The Morgan fingerprint density at radius 2 is 2.10 bits per heavy atom. The normalized spacial score (nSPS) is 22.7. The SMILES string of the molecule is CC(N)C1CCCN(S(=O)(=O)c2cccc(Cl)c2Cl)C1. The molecule has 0 radical (unpaired) electrons. The van der Waals surface area contributed by atoms with Crippen LogP contribution in [0.3, 0.4) is 0 Å². The van der Waals surface area contributed by atoms with E-state index >= 15 is 0 Å². The van der Waals surface area contributed by atoms with Gasteiger partial charge in [-0.3, -0.25) is 0 Å². The van der Waals surface area contributed by atoms with Crippen LogP contribution in [-0.2, 0) is 10.0 Å². The molecule has 0 amide bonds. The van der Waals surface area contributed by atoms with Crippen molar-refractivity contribution in [2.24, 2.45) is 11.7 Å². The molecule has 1 aromatic rings. The molecule has 1 aliphatic heterocycles. The van der Waals surface area contributed by atoms with E-state index in [4.69, 9.17) is 28.9 Å². The average molecular weight is 337 g/mol. The maximum absolute atomic E-state index is 12.7. The van der Waals surface area contributed by atoms with Gasteiger partial charge in [-0.25, -0.2) is 8.42 Å². The number of halogens is 2. The van der Waals surface area contributed by atoms with Gasteiger partial charge in [-0.1, -0.05) is 29.3 Å². The maximum Gasteiger partial charge on any atom is 0.244 e. The van der Waals surface area contributed by atoms with Crippen LogP contribution < -0.4 is 5.73 Å². The Balaban J connectivity index is 2.33. The third-order valence-electron chi connectivity index (χ3n) is 3.70. The van der Waals surface area contributed by atoms with Gasteiger partial charge in [-0.2, -0.15) is 4.31 Å². The highest BCUT2D eigenvalue weighted by molar-refractivity contribution is 7.89. The predicted octanol–water partition coefficient (Wildman–Crippen LogP) is 2.74. The Morgan fingerprint density at radius 1 is 1.40 bits per heavy atom. The van der Waals surface area contributed by atoms with Crippen molar-refractivity contribution >= 4 is 33.2 Å². The van der Waals surface area contributed by atoms with Gasteiger partial charge in [0.25, 0.3) is 0 Å². The fourth-order valence-electron chi connectivity index (χ4n) is 2.44. The molecule has 112 valence electrons. The minimum absolute atomic E-state index is 0.0252. The first-order valence-corrected chi connectivity index (χ1v) is 8.73. The Kier molecular flexibility index (Phi) is 4.97. The lowest BCUT2D eigenvalue weighted by Crippen LogP contribution is -2.45. The second-order valence-corrected chi connectivity index (χ2v) is 7.87. The molecule has 2 rings (SSSR count). The van der Waals surface area contributed by atoms with Crippen molar-refractivity contribution in [2.75, 3.05) is 13.1 Å². The van der Waals surface area contributed by atoms with Crippen LogP contribution in [0.4, 0.5) is 0 Å². The van der Waals surface area contributed by atoms with Crippen molar-refractivity contribution < 1.29 is 8.42 Å². The summed E-state index contributed by atoms with van der Waals surface area (Å²) in [4.78, 5) is 0.0667. The molecular formula is C13H18Cl2N2O2S. The molecule has 20 heavy (non-hydrogen) atoms. The van der Waals surface area contributed by atoms with Crippen LogP contribution in [0.15, 0.2) is 23.1 Å². The highest BCUT2D eigenvalue weighted by atomic mass is 35.5. The lowest BCUT2D eigenvalue weighted by molar-refractivity contribution is 0.243. The van der Waals surface area contributed by atoms with Crippen molar-refractivity contribution in [2.45, 2.75) is 30.7 Å². The molecule has 1 aromatic carbocycles. The van der Waals surface area contributed by atoms with Gasteiger partial charge in [-0.15, -0.1) is 0 Å². The standard InChI is InChI=1S/C13H18Cl2N2O2S/c1-9(16)10-4-3-7-17(8-10)20(18,19)12-6-2-5-11(14)13(12)15/h2,5-6,9-10H,3-4,7-8,16H2,1H3. The first-order valence-electron chi connectivity index (χ1n) is 6.53. The zero-order valence-electron chi connectivity index (χ0n) is 11.2. The van der Waals surface area contributed by atoms with Crippen LogP contribution in [0.2, 0.25) is 10.0 Å². The largest absolute Gasteiger partial charge is 0.328 e. The molecule has 1 fully saturated rings. The molecule has 7 heteroatoms. The zero-order valence-corrected chi connectivity index (χ0v) is 13.5. The van der Waals surface area contributed by atoms with Gasteiger partial charge < -0.3 is 5.73 Å². The Labute approximate surface area is 129 Å². The molecule has 0 bridgehead atoms. The minimum atomic E-state index is -3.62. The van der Waals surface area contributed by atoms with Crippen molar-refractivity contribution in [3.05, 3.63) is 28.2 Å². The van der Waals surface area contributed by atoms with Crippen LogP contribution in [0, 0.1) is 5.92 Å². The molecule has 0 saturated carbocycles. The van der Waals surface area contributed by atoms with E-state index in [-0.39, 0.29) is 26.9 Å². The molecule has 0 aliphatic carbocycles. The lowest BCUT2D eigenvalue weighted by Gasteiger charge is -2.33. The average Bonchev–Trinajstić information content (AvgIpc) is 2.41. The monoisotopic (exact) mass is 336 g/mol. The van der Waals surface area contributed by atoms with E-state index in [1.807, 2.05) is 6.92 Å². The van der Waals surface area contributed by atoms with Gasteiger partial charge in [-0.05, 0) is 37.8 Å². The maximum atomic E-state index is 12.7.